The highest BCUT2D eigenvalue weighted by Crippen LogP contribution is 2.58. The minimum Gasteiger partial charge on any atom is -0.455 e. The normalized spacial score (nSPS) is 15.0. The van der Waals surface area contributed by atoms with Crippen molar-refractivity contribution in [3.8, 4) is 44.9 Å². The molecule has 1 spiro atoms. The van der Waals surface area contributed by atoms with E-state index < -0.39 is 0 Å². The fraction of sp³-hybridized carbons (Fsp3) is 0.130. The molecule has 0 saturated heterocycles. The van der Waals surface area contributed by atoms with Gasteiger partial charge in [0.1, 0.15) is 11.2 Å². The molecular weight excluding hydrogens is 629 g/mol. The summed E-state index contributed by atoms with van der Waals surface area (Å²) in [4.78, 5) is 10.3. The number of benzene rings is 6. The number of thiophene rings is 1. The van der Waals surface area contributed by atoms with E-state index in [2.05, 4.69) is 115 Å². The molecule has 0 amide bonds. The van der Waals surface area contributed by atoms with Gasteiger partial charge in [-0.3, -0.25) is 0 Å². The molecule has 3 nitrogen and oxygen atoms in total. The van der Waals surface area contributed by atoms with Crippen molar-refractivity contribution in [2.75, 3.05) is 0 Å². The topological polar surface area (TPSA) is 38.9 Å². The molecule has 0 aliphatic heterocycles. The number of rotatable bonds is 3. The van der Waals surface area contributed by atoms with E-state index in [4.69, 9.17) is 14.4 Å². The van der Waals surface area contributed by atoms with Gasteiger partial charge in [0.25, 0.3) is 0 Å². The van der Waals surface area contributed by atoms with Crippen molar-refractivity contribution in [2.45, 2.75) is 37.5 Å². The van der Waals surface area contributed by atoms with Gasteiger partial charge in [-0.15, -0.1) is 11.3 Å². The first-order valence-corrected chi connectivity index (χ1v) is 18.5. The van der Waals surface area contributed by atoms with E-state index in [1.807, 2.05) is 18.2 Å². The highest BCUT2D eigenvalue weighted by Gasteiger charge is 2.44. The second-order valence-corrected chi connectivity index (χ2v) is 15.0. The SMILES string of the molecule is c1ccc(-c2nc(-c3ccc4c(c3)oc3c(-c5cccc6c5-c5ccccc5C65CCCCC5)cccc34)c3sc4ccccc4c3n2)cc1. The Hall–Kier alpha value is -5.58. The first-order valence-electron chi connectivity index (χ1n) is 17.7. The average Bonchev–Trinajstić information content (AvgIpc) is 3.83. The first-order chi connectivity index (χ1) is 24.8. The van der Waals surface area contributed by atoms with Gasteiger partial charge in [-0.05, 0) is 58.9 Å². The summed E-state index contributed by atoms with van der Waals surface area (Å²) < 4.78 is 9.24. The third kappa shape index (κ3) is 3.97. The Bertz CT molecular complexity index is 2800. The fourth-order valence-electron chi connectivity index (χ4n) is 9.08. The van der Waals surface area contributed by atoms with Crippen LogP contribution in [0.5, 0.6) is 0 Å². The summed E-state index contributed by atoms with van der Waals surface area (Å²) >= 11 is 1.76. The van der Waals surface area contributed by atoms with Crippen LogP contribution < -0.4 is 0 Å². The molecule has 2 aliphatic rings. The predicted molar refractivity (Wildman–Crippen MR) is 208 cm³/mol. The Morgan fingerprint density at radius 1 is 0.560 bits per heavy atom. The minimum atomic E-state index is 0.116. The maximum atomic E-state index is 6.93. The van der Waals surface area contributed by atoms with Crippen LogP contribution in [0.25, 0.3) is 87.1 Å². The number of hydrogen-bond donors (Lipinski definition) is 0. The van der Waals surface area contributed by atoms with Crippen molar-refractivity contribution in [1.29, 1.82) is 0 Å². The number of nitrogens with zero attached hydrogens (tertiary/aromatic N) is 2. The van der Waals surface area contributed by atoms with Gasteiger partial charge in [0.2, 0.25) is 0 Å². The third-order valence-electron chi connectivity index (χ3n) is 11.3. The zero-order valence-electron chi connectivity index (χ0n) is 27.4. The highest BCUT2D eigenvalue weighted by atomic mass is 32.1. The molecule has 2 aliphatic carbocycles. The van der Waals surface area contributed by atoms with Crippen molar-refractivity contribution < 1.29 is 4.42 Å². The summed E-state index contributed by atoms with van der Waals surface area (Å²) in [5.74, 6) is 0.734. The number of para-hydroxylation sites is 1. The predicted octanol–water partition coefficient (Wildman–Crippen LogP) is 13.0. The Balaban J connectivity index is 1.12. The molecule has 11 rings (SSSR count). The molecule has 1 saturated carbocycles. The lowest BCUT2D eigenvalue weighted by Crippen LogP contribution is -2.27. The molecule has 238 valence electrons. The van der Waals surface area contributed by atoms with Crippen molar-refractivity contribution in [3.05, 3.63) is 145 Å². The lowest BCUT2D eigenvalue weighted by atomic mass is 9.68. The van der Waals surface area contributed by atoms with E-state index >= 15 is 0 Å². The van der Waals surface area contributed by atoms with E-state index in [1.54, 1.807) is 11.3 Å². The van der Waals surface area contributed by atoms with Crippen LogP contribution in [0.3, 0.4) is 0 Å². The molecule has 0 radical (unpaired) electrons. The third-order valence-corrected chi connectivity index (χ3v) is 12.5. The van der Waals surface area contributed by atoms with Crippen LogP contribution in [0, 0.1) is 0 Å². The summed E-state index contributed by atoms with van der Waals surface area (Å²) in [6.45, 7) is 0. The van der Waals surface area contributed by atoms with Gasteiger partial charge in [0.05, 0.1) is 15.9 Å². The van der Waals surface area contributed by atoms with Crippen LogP contribution in [-0.2, 0) is 5.41 Å². The van der Waals surface area contributed by atoms with Crippen LogP contribution in [0.15, 0.2) is 138 Å². The minimum absolute atomic E-state index is 0.116. The van der Waals surface area contributed by atoms with Gasteiger partial charge in [-0.2, -0.15) is 0 Å². The van der Waals surface area contributed by atoms with Crippen molar-refractivity contribution >= 4 is 53.6 Å². The number of hydrogen-bond acceptors (Lipinski definition) is 4. The monoisotopic (exact) mass is 660 g/mol. The molecule has 0 bridgehead atoms. The number of fused-ring (bicyclic) bond motifs is 11. The molecule has 9 aromatic rings. The Labute approximate surface area is 293 Å². The number of furan rings is 1. The molecule has 6 aromatic carbocycles. The average molecular weight is 661 g/mol. The maximum absolute atomic E-state index is 6.93. The molecule has 4 heteroatoms. The zero-order chi connectivity index (χ0) is 32.8. The number of aromatic nitrogens is 2. The Morgan fingerprint density at radius 2 is 1.30 bits per heavy atom. The standard InChI is InChI=1S/C46H32N2OS/c1-3-13-28(14-4-1)45-47-41(44-42(48-45)35-16-6-8-22-39(35)50-44)29-23-24-30-32-18-11-19-33(43(32)49-38(30)27-29)31-17-12-21-37-40(31)34-15-5-7-20-36(34)46(37)25-9-2-10-26-46/h1,3-8,11-24,27H,2,9-10,25-26H2. The van der Waals surface area contributed by atoms with E-state index in [0.29, 0.717) is 0 Å². The zero-order valence-corrected chi connectivity index (χ0v) is 28.3. The highest BCUT2D eigenvalue weighted by molar-refractivity contribution is 7.26. The van der Waals surface area contributed by atoms with Crippen LogP contribution in [0.2, 0.25) is 0 Å². The van der Waals surface area contributed by atoms with E-state index in [1.165, 1.54) is 64.6 Å². The summed E-state index contributed by atoms with van der Waals surface area (Å²) in [5, 5.41) is 3.42. The van der Waals surface area contributed by atoms with E-state index in [9.17, 15) is 0 Å². The Morgan fingerprint density at radius 3 is 2.22 bits per heavy atom. The van der Waals surface area contributed by atoms with Crippen molar-refractivity contribution in [1.82, 2.24) is 9.97 Å². The second kappa shape index (κ2) is 10.7. The molecular formula is C46H32N2OS. The second-order valence-electron chi connectivity index (χ2n) is 13.9. The van der Waals surface area contributed by atoms with Crippen LogP contribution >= 0.6 is 11.3 Å². The molecule has 0 unspecified atom stereocenters. The Kier molecular flexibility index (Phi) is 6.06. The summed E-state index contributed by atoms with van der Waals surface area (Å²) in [7, 11) is 0. The molecule has 1 fully saturated rings. The van der Waals surface area contributed by atoms with E-state index in [-0.39, 0.29) is 5.41 Å². The van der Waals surface area contributed by atoms with Gasteiger partial charge in [0.15, 0.2) is 5.82 Å². The lowest BCUT2D eigenvalue weighted by molar-refractivity contribution is 0.353. The molecule has 0 atom stereocenters. The van der Waals surface area contributed by atoms with Gasteiger partial charge >= 0.3 is 0 Å². The van der Waals surface area contributed by atoms with Gasteiger partial charge < -0.3 is 4.42 Å². The summed E-state index contributed by atoms with van der Waals surface area (Å²) in [6.07, 6.45) is 6.34. The molecule has 50 heavy (non-hydrogen) atoms. The van der Waals surface area contributed by atoms with Crippen molar-refractivity contribution in [3.63, 3.8) is 0 Å². The fourth-order valence-corrected chi connectivity index (χ4v) is 10.2. The van der Waals surface area contributed by atoms with Gasteiger partial charge in [-0.1, -0.05) is 135 Å². The molecule has 3 heterocycles. The smallest absolute Gasteiger partial charge is 0.160 e. The van der Waals surface area contributed by atoms with Crippen LogP contribution in [-0.4, -0.2) is 9.97 Å². The van der Waals surface area contributed by atoms with Crippen molar-refractivity contribution in [2.24, 2.45) is 0 Å². The lowest BCUT2D eigenvalue weighted by Gasteiger charge is -2.36. The largest absolute Gasteiger partial charge is 0.455 e. The van der Waals surface area contributed by atoms with Crippen LogP contribution in [0.1, 0.15) is 43.2 Å². The van der Waals surface area contributed by atoms with E-state index in [0.717, 1.165) is 65.8 Å². The summed E-state index contributed by atoms with van der Waals surface area (Å²) in [5.41, 5.74) is 14.1. The van der Waals surface area contributed by atoms with Gasteiger partial charge in [-0.25, -0.2) is 9.97 Å². The van der Waals surface area contributed by atoms with Crippen LogP contribution in [0.4, 0.5) is 0 Å². The molecule has 0 N–H and O–H groups in total. The first kappa shape index (κ1) is 28.3. The molecule has 3 aromatic heterocycles. The maximum Gasteiger partial charge on any atom is 0.160 e. The summed E-state index contributed by atoms with van der Waals surface area (Å²) in [6, 6.07) is 48.2. The quantitative estimate of drug-likeness (QED) is 0.189. The van der Waals surface area contributed by atoms with Gasteiger partial charge in [0, 0.05) is 43.0 Å².